The van der Waals surface area contributed by atoms with E-state index in [2.05, 4.69) is 20.3 Å². The molecule has 0 aliphatic rings. The zero-order chi connectivity index (χ0) is 26.5. The van der Waals surface area contributed by atoms with Gasteiger partial charge in [-0.1, -0.05) is 53.7 Å². The number of carbonyl (C=O) groups excluding carboxylic acids is 2. The van der Waals surface area contributed by atoms with Crippen LogP contribution in [0.3, 0.4) is 0 Å². The van der Waals surface area contributed by atoms with Crippen LogP contribution in [0.15, 0.2) is 97.5 Å². The first-order valence-corrected chi connectivity index (χ1v) is 12.0. The number of nitrogens with two attached hydrogens (primary N) is 1. The Balaban J connectivity index is 1.61. The molecule has 1 amide bonds. The largest absolute Gasteiger partial charge is 0.462 e. The second-order valence-corrected chi connectivity index (χ2v) is 8.41. The van der Waals surface area contributed by atoms with Crippen LogP contribution < -0.4 is 5.73 Å². The van der Waals surface area contributed by atoms with Gasteiger partial charge in [-0.3, -0.25) is 14.8 Å². The van der Waals surface area contributed by atoms with E-state index < -0.39 is 17.9 Å². The highest BCUT2D eigenvalue weighted by atomic mass is 16.5. The molecule has 0 spiro atoms. The van der Waals surface area contributed by atoms with E-state index in [0.29, 0.717) is 28.2 Å². The Morgan fingerprint density at radius 3 is 2.21 bits per heavy atom. The van der Waals surface area contributed by atoms with Crippen molar-refractivity contribution >= 4 is 11.9 Å². The molecule has 1 unspecified atom stereocenters. The summed E-state index contributed by atoms with van der Waals surface area (Å²) in [6.07, 6.45) is 5.00. The fourth-order valence-corrected chi connectivity index (χ4v) is 4.19. The molecule has 188 valence electrons. The van der Waals surface area contributed by atoms with E-state index in [0.717, 1.165) is 16.7 Å². The molecular weight excluding hydrogens is 480 g/mol. The van der Waals surface area contributed by atoms with E-state index >= 15 is 0 Å². The van der Waals surface area contributed by atoms with Gasteiger partial charge in [0.15, 0.2) is 6.04 Å². The van der Waals surface area contributed by atoms with Crippen LogP contribution in [-0.4, -0.2) is 43.4 Å². The Morgan fingerprint density at radius 1 is 0.868 bits per heavy atom. The Labute approximate surface area is 218 Å². The summed E-state index contributed by atoms with van der Waals surface area (Å²) in [6.45, 7) is 2.03. The lowest BCUT2D eigenvalue weighted by molar-refractivity contribution is -0.120. The van der Waals surface area contributed by atoms with Gasteiger partial charge in [0.1, 0.15) is 5.69 Å². The van der Waals surface area contributed by atoms with Crippen molar-refractivity contribution in [3.05, 3.63) is 109 Å². The lowest BCUT2D eigenvalue weighted by atomic mass is 10.0. The fourth-order valence-electron chi connectivity index (χ4n) is 4.19. The molecule has 1 atom stereocenters. The molecular formula is C29H24N6O3. The predicted octanol–water partition coefficient (Wildman–Crippen LogP) is 4.32. The minimum atomic E-state index is -1.03. The molecule has 2 N–H and O–H groups in total. The fraction of sp³-hybridized carbons (Fsp3) is 0.103. The van der Waals surface area contributed by atoms with Crippen LogP contribution in [0.5, 0.6) is 0 Å². The molecule has 9 nitrogen and oxygen atoms in total. The molecule has 0 bridgehead atoms. The van der Waals surface area contributed by atoms with Crippen LogP contribution in [0.1, 0.15) is 29.0 Å². The monoisotopic (exact) mass is 504 g/mol. The summed E-state index contributed by atoms with van der Waals surface area (Å²) in [4.78, 5) is 33.7. The number of ether oxygens (including phenoxy) is 1. The number of aromatic nitrogens is 5. The number of amides is 1. The zero-order valence-corrected chi connectivity index (χ0v) is 20.6. The van der Waals surface area contributed by atoms with Crippen LogP contribution >= 0.6 is 0 Å². The third kappa shape index (κ3) is 4.90. The topological polar surface area (TPSA) is 126 Å². The van der Waals surface area contributed by atoms with Gasteiger partial charge in [0.25, 0.3) is 0 Å². The van der Waals surface area contributed by atoms with E-state index in [4.69, 9.17) is 10.5 Å². The van der Waals surface area contributed by atoms with E-state index in [1.165, 1.54) is 4.68 Å². The molecule has 3 heterocycles. The maximum absolute atomic E-state index is 12.8. The van der Waals surface area contributed by atoms with Crippen molar-refractivity contribution in [1.29, 1.82) is 0 Å². The average molecular weight is 505 g/mol. The molecule has 0 aliphatic carbocycles. The quantitative estimate of drug-likeness (QED) is 0.312. The summed E-state index contributed by atoms with van der Waals surface area (Å²) in [7, 11) is 0. The normalized spacial score (nSPS) is 11.6. The van der Waals surface area contributed by atoms with Gasteiger partial charge >= 0.3 is 5.97 Å². The van der Waals surface area contributed by atoms with Crippen molar-refractivity contribution in [2.75, 3.05) is 6.61 Å². The number of hydrogen-bond acceptors (Lipinski definition) is 7. The Hall–Kier alpha value is -5.18. The molecule has 2 aromatic carbocycles. The van der Waals surface area contributed by atoms with Gasteiger partial charge < -0.3 is 10.5 Å². The maximum atomic E-state index is 12.8. The molecule has 3 aromatic heterocycles. The van der Waals surface area contributed by atoms with Gasteiger partial charge in [0.05, 0.1) is 23.6 Å². The minimum absolute atomic E-state index is 0.278. The van der Waals surface area contributed by atoms with Gasteiger partial charge in [0.2, 0.25) is 5.91 Å². The molecule has 0 saturated heterocycles. The molecule has 38 heavy (non-hydrogen) atoms. The van der Waals surface area contributed by atoms with E-state index in [-0.39, 0.29) is 6.61 Å². The van der Waals surface area contributed by atoms with Crippen molar-refractivity contribution in [2.45, 2.75) is 13.0 Å². The summed E-state index contributed by atoms with van der Waals surface area (Å²) in [5.74, 6) is -1.06. The van der Waals surface area contributed by atoms with Crippen molar-refractivity contribution in [3.63, 3.8) is 0 Å². The minimum Gasteiger partial charge on any atom is -0.462 e. The Morgan fingerprint density at radius 2 is 1.58 bits per heavy atom. The lowest BCUT2D eigenvalue weighted by Gasteiger charge is -2.17. The van der Waals surface area contributed by atoms with Gasteiger partial charge in [-0.15, -0.1) is 5.10 Å². The van der Waals surface area contributed by atoms with Crippen molar-refractivity contribution < 1.29 is 14.3 Å². The second kappa shape index (κ2) is 10.8. The molecule has 0 saturated carbocycles. The van der Waals surface area contributed by atoms with Crippen molar-refractivity contribution in [1.82, 2.24) is 25.0 Å². The second-order valence-electron chi connectivity index (χ2n) is 8.41. The third-order valence-corrected chi connectivity index (χ3v) is 6.01. The first kappa shape index (κ1) is 24.5. The average Bonchev–Trinajstić information content (AvgIpc) is 3.39. The van der Waals surface area contributed by atoms with E-state index in [1.807, 2.05) is 36.4 Å². The van der Waals surface area contributed by atoms with Crippen molar-refractivity contribution in [3.8, 4) is 33.6 Å². The summed E-state index contributed by atoms with van der Waals surface area (Å²) in [5, 5.41) is 8.75. The Kier molecular flexibility index (Phi) is 6.99. The highest BCUT2D eigenvalue weighted by molar-refractivity contribution is 5.91. The molecule has 0 aliphatic heterocycles. The highest BCUT2D eigenvalue weighted by Crippen LogP contribution is 2.34. The first-order chi connectivity index (χ1) is 18.6. The summed E-state index contributed by atoms with van der Waals surface area (Å²) in [6, 6.07) is 22.9. The molecule has 0 radical (unpaired) electrons. The number of nitrogens with zero attached hydrogens (tertiary/aromatic N) is 5. The number of hydrogen-bond donors (Lipinski definition) is 1. The number of esters is 1. The summed E-state index contributed by atoms with van der Waals surface area (Å²) in [5.41, 5.74) is 11.2. The number of primary amides is 1. The molecule has 9 heteroatoms. The van der Waals surface area contributed by atoms with E-state index in [9.17, 15) is 9.59 Å². The first-order valence-electron chi connectivity index (χ1n) is 12.0. The summed E-state index contributed by atoms with van der Waals surface area (Å²) >= 11 is 0. The van der Waals surface area contributed by atoms with Crippen LogP contribution in [0.4, 0.5) is 0 Å². The smallest absolute Gasteiger partial charge is 0.338 e. The number of pyridine rings is 2. The van der Waals surface area contributed by atoms with Crippen LogP contribution in [-0.2, 0) is 9.53 Å². The zero-order valence-electron chi connectivity index (χ0n) is 20.6. The molecule has 0 fully saturated rings. The van der Waals surface area contributed by atoms with Crippen LogP contribution in [0.25, 0.3) is 33.6 Å². The van der Waals surface area contributed by atoms with Gasteiger partial charge in [-0.2, -0.15) is 0 Å². The molecule has 5 aromatic rings. The Bertz CT molecular complexity index is 1550. The van der Waals surface area contributed by atoms with Crippen LogP contribution in [0, 0.1) is 0 Å². The third-order valence-electron chi connectivity index (χ3n) is 6.01. The molecule has 5 rings (SSSR count). The van der Waals surface area contributed by atoms with E-state index in [1.54, 1.807) is 68.0 Å². The standard InChI is InChI=1S/C29H24N6O3/c1-2-38-29(37)22-10-8-21(9-11-22)26-25(20-14-16-31-17-15-20)33-34-35(26)27(28(30)36)24-13-12-23(18-32-24)19-6-4-3-5-7-19/h3-18,27H,2H2,1H3,(H2,30,36). The summed E-state index contributed by atoms with van der Waals surface area (Å²) < 4.78 is 6.57. The van der Waals surface area contributed by atoms with Gasteiger partial charge in [-0.25, -0.2) is 9.48 Å². The lowest BCUT2D eigenvalue weighted by Crippen LogP contribution is -2.29. The number of carbonyl (C=O) groups is 2. The van der Waals surface area contributed by atoms with Gasteiger partial charge in [0, 0.05) is 35.3 Å². The van der Waals surface area contributed by atoms with Gasteiger partial charge in [-0.05, 0) is 42.8 Å². The number of rotatable bonds is 8. The SMILES string of the molecule is CCOC(=O)c1ccc(-c2c(-c3ccncc3)nnn2C(C(N)=O)c2ccc(-c3ccccc3)cn2)cc1. The predicted molar refractivity (Wildman–Crippen MR) is 142 cm³/mol. The number of benzene rings is 2. The highest BCUT2D eigenvalue weighted by Gasteiger charge is 2.29. The van der Waals surface area contributed by atoms with Crippen LogP contribution in [0.2, 0.25) is 0 Å². The maximum Gasteiger partial charge on any atom is 0.338 e. The van der Waals surface area contributed by atoms with Crippen molar-refractivity contribution in [2.24, 2.45) is 5.73 Å².